The Morgan fingerprint density at radius 3 is 2.69 bits per heavy atom. The average Bonchev–Trinajstić information content (AvgIpc) is 2.21. The van der Waals surface area contributed by atoms with Crippen LogP contribution in [-0.4, -0.2) is 47.4 Å². The summed E-state index contributed by atoms with van der Waals surface area (Å²) in [6.45, 7) is 1.94. The molecule has 0 bridgehead atoms. The summed E-state index contributed by atoms with van der Waals surface area (Å²) in [5.74, 6) is -1.90. The normalized spacial score (nSPS) is 22.8. The van der Waals surface area contributed by atoms with Crippen molar-refractivity contribution in [2.24, 2.45) is 5.92 Å². The fourth-order valence-electron chi connectivity index (χ4n) is 1.56. The van der Waals surface area contributed by atoms with Gasteiger partial charge < -0.3 is 15.3 Å². The van der Waals surface area contributed by atoms with E-state index in [9.17, 15) is 14.4 Å². The number of amides is 2. The van der Waals surface area contributed by atoms with Gasteiger partial charge in [-0.2, -0.15) is 0 Å². The van der Waals surface area contributed by atoms with Gasteiger partial charge >= 0.3 is 5.97 Å². The lowest BCUT2D eigenvalue weighted by molar-refractivity contribution is -0.143. The minimum atomic E-state index is -1.08. The Hall–Kier alpha value is -1.59. The molecular formula is C10H16N2O4. The standard InChI is InChI=1S/C10H16N2O4/c1-6(10(15)16)11-9(14)7-3-4-12(2)8(13)5-7/h6-7H,3-5H2,1-2H3,(H,11,14)(H,15,16)/t6-,7?/m1/s1. The van der Waals surface area contributed by atoms with Crippen LogP contribution in [0.4, 0.5) is 0 Å². The molecule has 1 aliphatic rings. The number of nitrogens with zero attached hydrogens (tertiary/aromatic N) is 1. The third-order valence-corrected chi connectivity index (χ3v) is 2.76. The summed E-state index contributed by atoms with van der Waals surface area (Å²) in [6.07, 6.45) is 0.745. The molecule has 1 saturated heterocycles. The molecule has 6 heteroatoms. The van der Waals surface area contributed by atoms with E-state index in [-0.39, 0.29) is 18.2 Å². The molecule has 0 aromatic carbocycles. The largest absolute Gasteiger partial charge is 0.480 e. The van der Waals surface area contributed by atoms with Gasteiger partial charge in [-0.1, -0.05) is 0 Å². The number of likely N-dealkylation sites (tertiary alicyclic amines) is 1. The number of aliphatic carboxylic acids is 1. The van der Waals surface area contributed by atoms with Crippen molar-refractivity contribution in [2.75, 3.05) is 13.6 Å². The van der Waals surface area contributed by atoms with Crippen molar-refractivity contribution in [1.82, 2.24) is 10.2 Å². The highest BCUT2D eigenvalue weighted by Gasteiger charge is 2.29. The van der Waals surface area contributed by atoms with Gasteiger partial charge in [-0.15, -0.1) is 0 Å². The number of rotatable bonds is 3. The van der Waals surface area contributed by atoms with E-state index in [1.165, 1.54) is 6.92 Å². The second-order valence-electron chi connectivity index (χ2n) is 4.07. The maximum absolute atomic E-state index is 11.6. The highest BCUT2D eigenvalue weighted by molar-refractivity contribution is 5.89. The molecule has 0 aromatic heterocycles. The predicted octanol–water partition coefficient (Wildman–Crippen LogP) is -0.556. The Balaban J connectivity index is 2.49. The molecule has 0 radical (unpaired) electrons. The lowest BCUT2D eigenvalue weighted by Gasteiger charge is -2.28. The summed E-state index contributed by atoms with van der Waals surface area (Å²) in [4.78, 5) is 35.1. The third kappa shape index (κ3) is 2.95. The van der Waals surface area contributed by atoms with Crippen LogP contribution in [0.2, 0.25) is 0 Å². The molecule has 0 aliphatic carbocycles. The van der Waals surface area contributed by atoms with E-state index in [1.54, 1.807) is 11.9 Å². The summed E-state index contributed by atoms with van der Waals surface area (Å²) in [5.41, 5.74) is 0. The van der Waals surface area contributed by atoms with Gasteiger partial charge in [-0.05, 0) is 13.3 Å². The van der Waals surface area contributed by atoms with Crippen molar-refractivity contribution >= 4 is 17.8 Å². The van der Waals surface area contributed by atoms with Gasteiger partial charge in [-0.3, -0.25) is 14.4 Å². The van der Waals surface area contributed by atoms with Crippen molar-refractivity contribution < 1.29 is 19.5 Å². The second kappa shape index (κ2) is 4.96. The van der Waals surface area contributed by atoms with Crippen LogP contribution in [0.3, 0.4) is 0 Å². The van der Waals surface area contributed by atoms with Gasteiger partial charge in [0.25, 0.3) is 0 Å². The lowest BCUT2D eigenvalue weighted by Crippen LogP contribution is -2.46. The Labute approximate surface area is 93.6 Å². The Morgan fingerprint density at radius 1 is 1.56 bits per heavy atom. The van der Waals surface area contributed by atoms with E-state index in [0.717, 1.165) is 0 Å². The Kier molecular flexibility index (Phi) is 3.87. The quantitative estimate of drug-likeness (QED) is 0.678. The molecule has 1 aliphatic heterocycles. The van der Waals surface area contributed by atoms with Crippen LogP contribution >= 0.6 is 0 Å². The summed E-state index contributed by atoms with van der Waals surface area (Å²) in [6, 6.07) is -0.915. The van der Waals surface area contributed by atoms with Gasteiger partial charge in [0.05, 0.1) is 0 Å². The monoisotopic (exact) mass is 228 g/mol. The van der Waals surface area contributed by atoms with E-state index >= 15 is 0 Å². The Bertz CT molecular complexity index is 316. The van der Waals surface area contributed by atoms with Crippen molar-refractivity contribution in [3.8, 4) is 0 Å². The summed E-state index contributed by atoms with van der Waals surface area (Å²) in [5, 5.41) is 11.0. The number of carbonyl (C=O) groups excluding carboxylic acids is 2. The number of hydrogen-bond acceptors (Lipinski definition) is 3. The van der Waals surface area contributed by atoms with Crippen LogP contribution in [0, 0.1) is 5.92 Å². The predicted molar refractivity (Wildman–Crippen MR) is 55.6 cm³/mol. The van der Waals surface area contributed by atoms with Crippen LogP contribution in [0.15, 0.2) is 0 Å². The molecule has 2 amide bonds. The molecule has 2 atom stereocenters. The molecule has 0 aromatic rings. The van der Waals surface area contributed by atoms with Crippen LogP contribution in [0.1, 0.15) is 19.8 Å². The van der Waals surface area contributed by atoms with Crippen molar-refractivity contribution in [2.45, 2.75) is 25.8 Å². The second-order valence-corrected chi connectivity index (χ2v) is 4.07. The maximum atomic E-state index is 11.6. The molecule has 16 heavy (non-hydrogen) atoms. The molecular weight excluding hydrogens is 212 g/mol. The summed E-state index contributed by atoms with van der Waals surface area (Å²) >= 11 is 0. The van der Waals surface area contributed by atoms with Crippen molar-refractivity contribution in [1.29, 1.82) is 0 Å². The van der Waals surface area contributed by atoms with E-state index in [0.29, 0.717) is 13.0 Å². The lowest BCUT2D eigenvalue weighted by atomic mass is 9.95. The molecule has 2 N–H and O–H groups in total. The van der Waals surface area contributed by atoms with Crippen LogP contribution in [-0.2, 0) is 14.4 Å². The fourth-order valence-corrected chi connectivity index (χ4v) is 1.56. The molecule has 1 heterocycles. The number of hydrogen-bond donors (Lipinski definition) is 2. The zero-order valence-electron chi connectivity index (χ0n) is 9.40. The number of piperidine rings is 1. The third-order valence-electron chi connectivity index (χ3n) is 2.76. The van der Waals surface area contributed by atoms with Gasteiger partial charge in [0.2, 0.25) is 11.8 Å². The fraction of sp³-hybridized carbons (Fsp3) is 0.700. The molecule has 6 nitrogen and oxygen atoms in total. The Morgan fingerprint density at radius 2 is 2.19 bits per heavy atom. The van der Waals surface area contributed by atoms with Crippen LogP contribution in [0.5, 0.6) is 0 Å². The van der Waals surface area contributed by atoms with E-state index in [1.807, 2.05) is 0 Å². The number of carbonyl (C=O) groups is 3. The zero-order chi connectivity index (χ0) is 12.3. The maximum Gasteiger partial charge on any atom is 0.325 e. The number of carboxylic acid groups (broad SMARTS) is 1. The van der Waals surface area contributed by atoms with Crippen molar-refractivity contribution in [3.63, 3.8) is 0 Å². The van der Waals surface area contributed by atoms with E-state index in [2.05, 4.69) is 5.32 Å². The molecule has 0 saturated carbocycles. The van der Waals surface area contributed by atoms with Crippen LogP contribution in [0.25, 0.3) is 0 Å². The van der Waals surface area contributed by atoms with Gasteiger partial charge in [0, 0.05) is 25.9 Å². The van der Waals surface area contributed by atoms with Crippen molar-refractivity contribution in [3.05, 3.63) is 0 Å². The summed E-state index contributed by atoms with van der Waals surface area (Å²) < 4.78 is 0. The molecule has 90 valence electrons. The average molecular weight is 228 g/mol. The van der Waals surface area contributed by atoms with Crippen LogP contribution < -0.4 is 5.32 Å². The van der Waals surface area contributed by atoms with Gasteiger partial charge in [0.1, 0.15) is 6.04 Å². The minimum Gasteiger partial charge on any atom is -0.480 e. The first-order valence-electron chi connectivity index (χ1n) is 5.19. The minimum absolute atomic E-state index is 0.0746. The topological polar surface area (TPSA) is 86.7 Å². The number of nitrogens with one attached hydrogen (secondary N) is 1. The molecule has 1 unspecified atom stereocenters. The molecule has 0 spiro atoms. The molecule has 1 fully saturated rings. The van der Waals surface area contributed by atoms with Gasteiger partial charge in [-0.25, -0.2) is 0 Å². The number of carboxylic acids is 1. The molecule has 1 rings (SSSR count). The summed E-state index contributed by atoms with van der Waals surface area (Å²) in [7, 11) is 1.69. The van der Waals surface area contributed by atoms with E-state index in [4.69, 9.17) is 5.11 Å². The zero-order valence-corrected chi connectivity index (χ0v) is 9.40. The first kappa shape index (κ1) is 12.5. The first-order chi connectivity index (χ1) is 7.41. The highest BCUT2D eigenvalue weighted by Crippen LogP contribution is 2.17. The first-order valence-corrected chi connectivity index (χ1v) is 5.19. The SMILES string of the molecule is C[C@@H](NC(=O)C1CCN(C)C(=O)C1)C(=O)O. The van der Waals surface area contributed by atoms with Gasteiger partial charge in [0.15, 0.2) is 0 Å². The van der Waals surface area contributed by atoms with E-state index < -0.39 is 17.9 Å². The highest BCUT2D eigenvalue weighted by atomic mass is 16.4. The smallest absolute Gasteiger partial charge is 0.325 e.